The van der Waals surface area contributed by atoms with Crippen LogP contribution >= 0.6 is 0 Å². The van der Waals surface area contributed by atoms with E-state index in [9.17, 15) is 0 Å². The van der Waals surface area contributed by atoms with Crippen molar-refractivity contribution in [2.24, 2.45) is 17.8 Å². The maximum absolute atomic E-state index is 6.06. The lowest BCUT2D eigenvalue weighted by Crippen LogP contribution is -2.59. The Bertz CT molecular complexity index is 455. The van der Waals surface area contributed by atoms with Gasteiger partial charge in [-0.1, -0.05) is 0 Å². The first-order valence-corrected chi connectivity index (χ1v) is 11.2. The van der Waals surface area contributed by atoms with E-state index in [1.807, 2.05) is 0 Å². The summed E-state index contributed by atoms with van der Waals surface area (Å²) in [5.74, 6) is 2.63. The molecule has 4 heteroatoms. The molecule has 2 saturated carbocycles. The highest BCUT2D eigenvalue weighted by molar-refractivity contribution is 4.98. The van der Waals surface area contributed by atoms with Crippen molar-refractivity contribution in [2.45, 2.75) is 97.0 Å². The Kier molecular flexibility index (Phi) is 6.93. The third kappa shape index (κ3) is 6.69. The Hall–Kier alpha value is -0.160. The van der Waals surface area contributed by atoms with Gasteiger partial charge in [-0.05, 0) is 91.4 Å². The summed E-state index contributed by atoms with van der Waals surface area (Å²) in [6.07, 6.45) is 7.11. The predicted molar refractivity (Wildman–Crippen MR) is 110 cm³/mol. The topological polar surface area (TPSA) is 30.9 Å². The van der Waals surface area contributed by atoms with Gasteiger partial charge in [0.15, 0.2) is 0 Å². The molecule has 3 rings (SSSR count). The van der Waals surface area contributed by atoms with Gasteiger partial charge in [0.05, 0.1) is 17.8 Å². The summed E-state index contributed by atoms with van der Waals surface area (Å²) in [6, 6.07) is 0. The Morgan fingerprint density at radius 3 is 2.15 bits per heavy atom. The molecule has 0 aromatic heterocycles. The monoisotopic (exact) mass is 381 g/mol. The van der Waals surface area contributed by atoms with Crippen molar-refractivity contribution < 1.29 is 14.2 Å². The van der Waals surface area contributed by atoms with E-state index in [1.54, 1.807) is 0 Å². The fraction of sp³-hybridized carbons (Fsp3) is 1.00. The zero-order valence-electron chi connectivity index (χ0n) is 18.6. The van der Waals surface area contributed by atoms with Crippen molar-refractivity contribution in [1.29, 1.82) is 0 Å². The van der Waals surface area contributed by atoms with Gasteiger partial charge in [-0.2, -0.15) is 0 Å². The van der Waals surface area contributed by atoms with Crippen molar-refractivity contribution in [1.82, 2.24) is 4.90 Å². The van der Waals surface area contributed by atoms with Crippen LogP contribution in [0.15, 0.2) is 0 Å². The van der Waals surface area contributed by atoms with Crippen LogP contribution in [-0.4, -0.2) is 61.2 Å². The maximum atomic E-state index is 6.06. The second-order valence-electron chi connectivity index (χ2n) is 11.1. The Morgan fingerprint density at radius 2 is 1.52 bits per heavy atom. The molecule has 3 fully saturated rings. The molecule has 0 amide bonds. The van der Waals surface area contributed by atoms with Gasteiger partial charge in [-0.15, -0.1) is 0 Å². The van der Waals surface area contributed by atoms with Gasteiger partial charge in [0.25, 0.3) is 0 Å². The fourth-order valence-corrected chi connectivity index (χ4v) is 4.47. The van der Waals surface area contributed by atoms with E-state index in [4.69, 9.17) is 14.2 Å². The van der Waals surface area contributed by atoms with E-state index >= 15 is 0 Å². The summed E-state index contributed by atoms with van der Waals surface area (Å²) in [7, 11) is 0. The van der Waals surface area contributed by atoms with E-state index < -0.39 is 0 Å². The highest BCUT2D eigenvalue weighted by Crippen LogP contribution is 2.52. The number of rotatable bonds is 10. The lowest BCUT2D eigenvalue weighted by molar-refractivity contribution is -0.116. The number of unbranched alkanes of at least 4 members (excludes halogenated alkanes) is 1. The molecule has 27 heavy (non-hydrogen) atoms. The quantitative estimate of drug-likeness (QED) is 0.521. The predicted octanol–water partition coefficient (Wildman–Crippen LogP) is 4.51. The van der Waals surface area contributed by atoms with Gasteiger partial charge >= 0.3 is 0 Å². The van der Waals surface area contributed by atoms with Crippen LogP contribution in [0.25, 0.3) is 0 Å². The Labute approximate surface area is 167 Å². The van der Waals surface area contributed by atoms with Crippen molar-refractivity contribution >= 4 is 0 Å². The molecule has 1 saturated heterocycles. The highest BCUT2D eigenvalue weighted by atomic mass is 16.5. The average Bonchev–Trinajstić information content (AvgIpc) is 3.19. The van der Waals surface area contributed by atoms with Crippen LogP contribution in [0.1, 0.15) is 73.6 Å². The molecule has 4 nitrogen and oxygen atoms in total. The lowest BCUT2D eigenvalue weighted by atomic mass is 9.78. The molecule has 2 atom stereocenters. The summed E-state index contributed by atoms with van der Waals surface area (Å²) in [6.45, 7) is 18.2. The first-order valence-electron chi connectivity index (χ1n) is 11.2. The minimum Gasteiger partial charge on any atom is -0.381 e. The number of ether oxygens (including phenoxy) is 3. The molecule has 0 aromatic carbocycles. The molecule has 1 unspecified atom stereocenters. The van der Waals surface area contributed by atoms with E-state index in [0.29, 0.717) is 12.2 Å². The summed E-state index contributed by atoms with van der Waals surface area (Å²) in [5.41, 5.74) is 0.296. The van der Waals surface area contributed by atoms with Gasteiger partial charge < -0.3 is 14.2 Å². The standard InChI is InChI=1S/C23H43NO3/c1-22(2,3)24-14-20(15-24)26-10-8-7-9-25-16-18-13-21(18)17-11-19(12-17)27-23(4,5)6/h17-21H,7-16H2,1-6H3/t17?,18-,19?,21?/m0/s1. The van der Waals surface area contributed by atoms with Gasteiger partial charge in [-0.25, -0.2) is 0 Å². The molecular weight excluding hydrogens is 338 g/mol. The number of hydrogen-bond donors (Lipinski definition) is 0. The highest BCUT2D eigenvalue weighted by Gasteiger charge is 2.48. The first kappa shape index (κ1) is 21.5. The number of hydrogen-bond acceptors (Lipinski definition) is 4. The number of likely N-dealkylation sites (tertiary alicyclic amines) is 1. The SMILES string of the molecule is CC(C)(C)OC1CC(C2C[C@H]2COCCCCOC2CN(C(C)(C)C)C2)C1. The molecule has 3 aliphatic rings. The van der Waals surface area contributed by atoms with Crippen molar-refractivity contribution in [3.63, 3.8) is 0 Å². The van der Waals surface area contributed by atoms with E-state index in [2.05, 4.69) is 46.4 Å². The minimum atomic E-state index is 0.00994. The minimum absolute atomic E-state index is 0.00994. The summed E-state index contributed by atoms with van der Waals surface area (Å²) >= 11 is 0. The number of nitrogens with zero attached hydrogens (tertiary/aromatic N) is 1. The normalized spacial score (nSPS) is 32.2. The molecule has 0 aromatic rings. The van der Waals surface area contributed by atoms with Gasteiger partial charge in [0.1, 0.15) is 0 Å². The van der Waals surface area contributed by atoms with Crippen LogP contribution in [0.4, 0.5) is 0 Å². The van der Waals surface area contributed by atoms with Crippen LogP contribution in [-0.2, 0) is 14.2 Å². The molecular formula is C23H43NO3. The molecule has 0 N–H and O–H groups in total. The third-order valence-corrected chi connectivity index (χ3v) is 6.40. The zero-order valence-corrected chi connectivity index (χ0v) is 18.6. The van der Waals surface area contributed by atoms with Gasteiger partial charge in [-0.3, -0.25) is 4.90 Å². The first-order chi connectivity index (χ1) is 12.6. The van der Waals surface area contributed by atoms with Crippen LogP contribution in [0.2, 0.25) is 0 Å². The van der Waals surface area contributed by atoms with Crippen molar-refractivity contribution in [3.8, 4) is 0 Å². The molecule has 2 aliphatic carbocycles. The zero-order chi connectivity index (χ0) is 19.7. The van der Waals surface area contributed by atoms with E-state index in [0.717, 1.165) is 63.5 Å². The van der Waals surface area contributed by atoms with E-state index in [1.165, 1.54) is 19.3 Å². The second-order valence-corrected chi connectivity index (χ2v) is 11.1. The van der Waals surface area contributed by atoms with Crippen LogP contribution in [0.3, 0.4) is 0 Å². The van der Waals surface area contributed by atoms with Crippen molar-refractivity contribution in [2.75, 3.05) is 32.9 Å². The van der Waals surface area contributed by atoms with Crippen LogP contribution in [0, 0.1) is 17.8 Å². The molecule has 0 radical (unpaired) electrons. The Morgan fingerprint density at radius 1 is 0.852 bits per heavy atom. The van der Waals surface area contributed by atoms with E-state index in [-0.39, 0.29) is 11.1 Å². The summed E-state index contributed by atoms with van der Waals surface area (Å²) in [5, 5.41) is 0. The fourth-order valence-electron chi connectivity index (χ4n) is 4.47. The van der Waals surface area contributed by atoms with Crippen LogP contribution in [0.5, 0.6) is 0 Å². The molecule has 1 heterocycles. The maximum Gasteiger partial charge on any atom is 0.0829 e. The lowest BCUT2D eigenvalue weighted by Gasteiger charge is -2.47. The van der Waals surface area contributed by atoms with Gasteiger partial charge in [0, 0.05) is 38.4 Å². The molecule has 0 spiro atoms. The average molecular weight is 382 g/mol. The van der Waals surface area contributed by atoms with Crippen LogP contribution < -0.4 is 0 Å². The Balaban J connectivity index is 1.11. The van der Waals surface area contributed by atoms with Crippen molar-refractivity contribution in [3.05, 3.63) is 0 Å². The smallest absolute Gasteiger partial charge is 0.0829 e. The molecule has 1 aliphatic heterocycles. The van der Waals surface area contributed by atoms with Gasteiger partial charge in [0.2, 0.25) is 0 Å². The molecule has 0 bridgehead atoms. The molecule has 158 valence electrons. The largest absolute Gasteiger partial charge is 0.381 e. The second kappa shape index (κ2) is 8.69. The summed E-state index contributed by atoms with van der Waals surface area (Å²) in [4.78, 5) is 2.48. The third-order valence-electron chi connectivity index (χ3n) is 6.40. The summed E-state index contributed by atoms with van der Waals surface area (Å²) < 4.78 is 17.9.